The molecule has 3 atom stereocenters. The molecule has 0 aromatic carbocycles. The van der Waals surface area contributed by atoms with Crippen LogP contribution in [0.15, 0.2) is 0 Å². The molecule has 0 spiro atoms. The number of rotatable bonds is 3. The van der Waals surface area contributed by atoms with E-state index in [9.17, 15) is 0 Å². The normalized spacial score (nSPS) is 40.4. The van der Waals surface area contributed by atoms with Gasteiger partial charge in [0.25, 0.3) is 0 Å². The molecule has 1 saturated carbocycles. The largest absolute Gasteiger partial charge is 0.377 e. The van der Waals surface area contributed by atoms with E-state index >= 15 is 0 Å². The van der Waals surface area contributed by atoms with Crippen molar-refractivity contribution in [3.8, 4) is 0 Å². The minimum absolute atomic E-state index is 0.510. The molecule has 3 fully saturated rings. The van der Waals surface area contributed by atoms with Crippen LogP contribution < -0.4 is 5.32 Å². The van der Waals surface area contributed by atoms with Crippen LogP contribution in [0, 0.1) is 5.92 Å². The second-order valence-electron chi connectivity index (χ2n) is 6.16. The SMILES string of the molecule is CC1CN(CC2CCCCO2)C(C2CC2)CN1. The first kappa shape index (κ1) is 11.9. The van der Waals surface area contributed by atoms with E-state index in [2.05, 4.69) is 17.1 Å². The van der Waals surface area contributed by atoms with Crippen LogP contribution in [0.2, 0.25) is 0 Å². The molecule has 1 N–H and O–H groups in total. The van der Waals surface area contributed by atoms with Crippen LogP contribution in [0.5, 0.6) is 0 Å². The third-order valence-electron chi connectivity index (χ3n) is 4.53. The highest BCUT2D eigenvalue weighted by Crippen LogP contribution is 2.36. The van der Waals surface area contributed by atoms with Crippen LogP contribution in [0.4, 0.5) is 0 Å². The first-order chi connectivity index (χ1) is 8.33. The maximum atomic E-state index is 5.90. The standard InChI is InChI=1S/C14H26N2O/c1-11-9-16(10-13-4-2-3-7-17-13)14(8-15-11)12-5-6-12/h11-15H,2-10H2,1H3. The summed E-state index contributed by atoms with van der Waals surface area (Å²) >= 11 is 0. The van der Waals surface area contributed by atoms with Crippen LogP contribution in [0.25, 0.3) is 0 Å². The first-order valence-corrected chi connectivity index (χ1v) is 7.42. The fourth-order valence-electron chi connectivity index (χ4n) is 3.37. The van der Waals surface area contributed by atoms with Crippen LogP contribution in [-0.4, -0.2) is 49.3 Å². The zero-order valence-electron chi connectivity index (χ0n) is 11.0. The highest BCUT2D eigenvalue weighted by Gasteiger charge is 2.38. The molecule has 3 nitrogen and oxygen atoms in total. The molecule has 17 heavy (non-hydrogen) atoms. The van der Waals surface area contributed by atoms with Crippen molar-refractivity contribution >= 4 is 0 Å². The summed E-state index contributed by atoms with van der Waals surface area (Å²) in [6.45, 7) is 6.87. The lowest BCUT2D eigenvalue weighted by Gasteiger charge is -2.41. The Kier molecular flexibility index (Phi) is 3.69. The average Bonchev–Trinajstić information content (AvgIpc) is 3.15. The Balaban J connectivity index is 1.57. The fourth-order valence-corrected chi connectivity index (χ4v) is 3.37. The third-order valence-corrected chi connectivity index (χ3v) is 4.53. The van der Waals surface area contributed by atoms with Gasteiger partial charge in [0.05, 0.1) is 6.10 Å². The Labute approximate surface area is 105 Å². The maximum absolute atomic E-state index is 5.90. The monoisotopic (exact) mass is 238 g/mol. The van der Waals surface area contributed by atoms with E-state index in [-0.39, 0.29) is 0 Å². The summed E-state index contributed by atoms with van der Waals surface area (Å²) < 4.78 is 5.90. The molecule has 98 valence electrons. The van der Waals surface area contributed by atoms with Gasteiger partial charge < -0.3 is 10.1 Å². The molecule has 2 saturated heterocycles. The average molecular weight is 238 g/mol. The van der Waals surface area contributed by atoms with Gasteiger partial charge in [-0.3, -0.25) is 4.90 Å². The van der Waals surface area contributed by atoms with Crippen LogP contribution in [0.1, 0.15) is 39.0 Å². The van der Waals surface area contributed by atoms with Crippen LogP contribution in [-0.2, 0) is 4.74 Å². The van der Waals surface area contributed by atoms with Crippen LogP contribution >= 0.6 is 0 Å². The number of nitrogens with one attached hydrogen (secondary N) is 1. The maximum Gasteiger partial charge on any atom is 0.0702 e. The van der Waals surface area contributed by atoms with Crippen molar-refractivity contribution < 1.29 is 4.74 Å². The number of hydrogen-bond acceptors (Lipinski definition) is 3. The van der Waals surface area contributed by atoms with E-state index in [4.69, 9.17) is 4.74 Å². The predicted molar refractivity (Wildman–Crippen MR) is 69.1 cm³/mol. The van der Waals surface area contributed by atoms with Gasteiger partial charge in [0.2, 0.25) is 0 Å². The van der Waals surface area contributed by atoms with Crippen molar-refractivity contribution in [2.75, 3.05) is 26.2 Å². The zero-order chi connectivity index (χ0) is 11.7. The number of hydrogen-bond donors (Lipinski definition) is 1. The number of nitrogens with zero attached hydrogens (tertiary/aromatic N) is 1. The van der Waals surface area contributed by atoms with Gasteiger partial charge in [-0.1, -0.05) is 0 Å². The van der Waals surface area contributed by atoms with Crippen molar-refractivity contribution in [2.45, 2.75) is 57.2 Å². The van der Waals surface area contributed by atoms with Gasteiger partial charge >= 0.3 is 0 Å². The molecule has 2 aliphatic heterocycles. The summed E-state index contributed by atoms with van der Waals surface area (Å²) in [5.74, 6) is 0.971. The summed E-state index contributed by atoms with van der Waals surface area (Å²) in [6.07, 6.45) is 7.30. The van der Waals surface area contributed by atoms with E-state index in [1.165, 1.54) is 51.7 Å². The van der Waals surface area contributed by atoms with Crippen molar-refractivity contribution in [3.05, 3.63) is 0 Å². The Bertz CT molecular complexity index is 249. The highest BCUT2D eigenvalue weighted by molar-refractivity contribution is 4.95. The van der Waals surface area contributed by atoms with Gasteiger partial charge in [0.15, 0.2) is 0 Å². The molecule has 2 heterocycles. The molecular weight excluding hydrogens is 212 g/mol. The molecule has 3 rings (SSSR count). The smallest absolute Gasteiger partial charge is 0.0702 e. The van der Waals surface area contributed by atoms with E-state index in [1.807, 2.05) is 0 Å². The van der Waals surface area contributed by atoms with E-state index in [0.29, 0.717) is 12.1 Å². The van der Waals surface area contributed by atoms with Crippen molar-refractivity contribution in [1.29, 1.82) is 0 Å². The lowest BCUT2D eigenvalue weighted by atomic mass is 10.0. The minimum atomic E-state index is 0.510. The van der Waals surface area contributed by atoms with Gasteiger partial charge in [-0.15, -0.1) is 0 Å². The molecule has 0 aromatic heterocycles. The second-order valence-corrected chi connectivity index (χ2v) is 6.16. The molecule has 0 radical (unpaired) electrons. The summed E-state index contributed by atoms with van der Waals surface area (Å²) in [5, 5.41) is 3.64. The van der Waals surface area contributed by atoms with Crippen molar-refractivity contribution in [2.24, 2.45) is 5.92 Å². The predicted octanol–water partition coefficient (Wildman–Crippen LogP) is 1.63. The Morgan fingerprint density at radius 2 is 2.12 bits per heavy atom. The van der Waals surface area contributed by atoms with E-state index in [0.717, 1.165) is 18.6 Å². The highest BCUT2D eigenvalue weighted by atomic mass is 16.5. The molecule has 0 amide bonds. The van der Waals surface area contributed by atoms with E-state index in [1.54, 1.807) is 0 Å². The Morgan fingerprint density at radius 1 is 1.24 bits per heavy atom. The van der Waals surface area contributed by atoms with Crippen LogP contribution in [0.3, 0.4) is 0 Å². The topological polar surface area (TPSA) is 24.5 Å². The van der Waals surface area contributed by atoms with Crippen molar-refractivity contribution in [1.82, 2.24) is 10.2 Å². The van der Waals surface area contributed by atoms with Gasteiger partial charge in [-0.2, -0.15) is 0 Å². The molecule has 3 aliphatic rings. The fraction of sp³-hybridized carbons (Fsp3) is 1.00. The second kappa shape index (κ2) is 5.25. The molecule has 0 aromatic rings. The quantitative estimate of drug-likeness (QED) is 0.809. The summed E-state index contributed by atoms with van der Waals surface area (Å²) in [5.41, 5.74) is 0. The van der Waals surface area contributed by atoms with Gasteiger partial charge in [-0.05, 0) is 44.9 Å². The minimum Gasteiger partial charge on any atom is -0.377 e. The van der Waals surface area contributed by atoms with Crippen molar-refractivity contribution in [3.63, 3.8) is 0 Å². The Hall–Kier alpha value is -0.120. The zero-order valence-corrected chi connectivity index (χ0v) is 11.0. The number of ether oxygens (including phenoxy) is 1. The van der Waals surface area contributed by atoms with Gasteiger partial charge in [-0.25, -0.2) is 0 Å². The number of piperazine rings is 1. The summed E-state index contributed by atoms with van der Waals surface area (Å²) in [7, 11) is 0. The lowest BCUT2D eigenvalue weighted by molar-refractivity contribution is -0.0230. The molecule has 3 unspecified atom stereocenters. The summed E-state index contributed by atoms with van der Waals surface area (Å²) in [6, 6.07) is 1.44. The lowest BCUT2D eigenvalue weighted by Crippen LogP contribution is -2.58. The molecule has 1 aliphatic carbocycles. The van der Waals surface area contributed by atoms with E-state index < -0.39 is 0 Å². The molecule has 0 bridgehead atoms. The van der Waals surface area contributed by atoms with Gasteiger partial charge in [0, 0.05) is 38.3 Å². The first-order valence-electron chi connectivity index (χ1n) is 7.42. The molecular formula is C14H26N2O. The van der Waals surface area contributed by atoms with Gasteiger partial charge in [0.1, 0.15) is 0 Å². The summed E-state index contributed by atoms with van der Waals surface area (Å²) in [4.78, 5) is 2.72. The Morgan fingerprint density at radius 3 is 2.82 bits per heavy atom. The third kappa shape index (κ3) is 3.01. The molecule has 3 heteroatoms.